The van der Waals surface area contributed by atoms with Crippen molar-refractivity contribution in [3.63, 3.8) is 0 Å². The summed E-state index contributed by atoms with van der Waals surface area (Å²) in [7, 11) is 0. The van der Waals surface area contributed by atoms with Crippen molar-refractivity contribution < 1.29 is 9.59 Å². The standard InChI is InChI=1S/C8H7NO2/c1-6(11)8-4-7(5-10)2-3-9-8/h2-5H,1H3. The van der Waals surface area contributed by atoms with Crippen LogP contribution in [0.15, 0.2) is 18.3 Å². The lowest BCUT2D eigenvalue weighted by Crippen LogP contribution is -1.96. The molecule has 0 aliphatic heterocycles. The van der Waals surface area contributed by atoms with Crippen molar-refractivity contribution >= 4 is 12.1 Å². The Morgan fingerprint density at radius 2 is 2.36 bits per heavy atom. The molecule has 1 aromatic rings. The zero-order valence-electron chi connectivity index (χ0n) is 6.07. The quantitative estimate of drug-likeness (QED) is 0.467. The minimum absolute atomic E-state index is 0.131. The Labute approximate surface area is 64.1 Å². The fourth-order valence-electron chi connectivity index (χ4n) is 0.713. The Hall–Kier alpha value is -1.51. The van der Waals surface area contributed by atoms with Gasteiger partial charge in [-0.25, -0.2) is 0 Å². The van der Waals surface area contributed by atoms with Gasteiger partial charge in [0.05, 0.1) is 0 Å². The molecule has 56 valence electrons. The van der Waals surface area contributed by atoms with E-state index in [2.05, 4.69) is 4.98 Å². The first-order valence-corrected chi connectivity index (χ1v) is 3.16. The van der Waals surface area contributed by atoms with Crippen LogP contribution in [0.3, 0.4) is 0 Å². The predicted octanol–water partition coefficient (Wildman–Crippen LogP) is 1.10. The molecule has 0 N–H and O–H groups in total. The first kappa shape index (κ1) is 7.60. The first-order valence-electron chi connectivity index (χ1n) is 3.16. The second kappa shape index (κ2) is 3.05. The second-order valence-electron chi connectivity index (χ2n) is 2.15. The molecular weight excluding hydrogens is 142 g/mol. The van der Waals surface area contributed by atoms with E-state index in [-0.39, 0.29) is 5.78 Å². The number of pyridine rings is 1. The van der Waals surface area contributed by atoms with Crippen molar-refractivity contribution in [3.8, 4) is 0 Å². The van der Waals surface area contributed by atoms with Gasteiger partial charge in [-0.1, -0.05) is 0 Å². The van der Waals surface area contributed by atoms with Crippen molar-refractivity contribution in [3.05, 3.63) is 29.6 Å². The van der Waals surface area contributed by atoms with Crippen LogP contribution in [0.25, 0.3) is 0 Å². The largest absolute Gasteiger partial charge is 0.298 e. The van der Waals surface area contributed by atoms with E-state index in [1.807, 2.05) is 0 Å². The van der Waals surface area contributed by atoms with Crippen molar-refractivity contribution in [2.24, 2.45) is 0 Å². The fraction of sp³-hybridized carbons (Fsp3) is 0.125. The Morgan fingerprint density at radius 3 is 2.91 bits per heavy atom. The molecule has 1 aromatic heterocycles. The van der Waals surface area contributed by atoms with E-state index < -0.39 is 0 Å². The van der Waals surface area contributed by atoms with Gasteiger partial charge in [0.15, 0.2) is 5.78 Å². The maximum absolute atomic E-state index is 10.7. The third-order valence-electron chi connectivity index (χ3n) is 1.28. The Bertz CT molecular complexity index is 294. The molecule has 11 heavy (non-hydrogen) atoms. The monoisotopic (exact) mass is 149 g/mol. The molecule has 0 amide bonds. The zero-order chi connectivity index (χ0) is 8.27. The number of rotatable bonds is 2. The van der Waals surface area contributed by atoms with Crippen LogP contribution in [0.5, 0.6) is 0 Å². The van der Waals surface area contributed by atoms with E-state index in [1.54, 1.807) is 6.07 Å². The van der Waals surface area contributed by atoms with Gasteiger partial charge in [0.1, 0.15) is 12.0 Å². The van der Waals surface area contributed by atoms with Crippen LogP contribution in [-0.2, 0) is 0 Å². The van der Waals surface area contributed by atoms with Crippen LogP contribution >= 0.6 is 0 Å². The van der Waals surface area contributed by atoms with Gasteiger partial charge in [0.2, 0.25) is 0 Å². The summed E-state index contributed by atoms with van der Waals surface area (Å²) < 4.78 is 0. The van der Waals surface area contributed by atoms with E-state index in [1.165, 1.54) is 19.2 Å². The van der Waals surface area contributed by atoms with E-state index in [0.29, 0.717) is 17.5 Å². The molecule has 0 saturated carbocycles. The summed E-state index contributed by atoms with van der Waals surface area (Å²) in [4.78, 5) is 24.8. The zero-order valence-corrected chi connectivity index (χ0v) is 6.07. The third-order valence-corrected chi connectivity index (χ3v) is 1.28. The van der Waals surface area contributed by atoms with Gasteiger partial charge < -0.3 is 0 Å². The lowest BCUT2D eigenvalue weighted by atomic mass is 10.2. The van der Waals surface area contributed by atoms with Crippen molar-refractivity contribution in [1.29, 1.82) is 0 Å². The second-order valence-corrected chi connectivity index (χ2v) is 2.15. The van der Waals surface area contributed by atoms with E-state index >= 15 is 0 Å². The summed E-state index contributed by atoms with van der Waals surface area (Å²) >= 11 is 0. The molecule has 0 saturated heterocycles. The summed E-state index contributed by atoms with van der Waals surface area (Å²) in [6.07, 6.45) is 2.13. The van der Waals surface area contributed by atoms with Gasteiger partial charge in [-0.3, -0.25) is 14.6 Å². The van der Waals surface area contributed by atoms with Crippen LogP contribution < -0.4 is 0 Å². The average Bonchev–Trinajstić information content (AvgIpc) is 2.05. The fourth-order valence-corrected chi connectivity index (χ4v) is 0.713. The van der Waals surface area contributed by atoms with Crippen molar-refractivity contribution in [2.75, 3.05) is 0 Å². The minimum atomic E-state index is -0.131. The molecule has 0 fully saturated rings. The maximum atomic E-state index is 10.7. The van der Waals surface area contributed by atoms with Crippen LogP contribution in [0.2, 0.25) is 0 Å². The number of hydrogen-bond acceptors (Lipinski definition) is 3. The van der Waals surface area contributed by atoms with Gasteiger partial charge in [-0.15, -0.1) is 0 Å². The molecule has 0 atom stereocenters. The normalized spacial score (nSPS) is 9.18. The van der Waals surface area contributed by atoms with Gasteiger partial charge in [-0.05, 0) is 12.1 Å². The molecule has 0 unspecified atom stereocenters. The molecule has 0 aliphatic rings. The summed E-state index contributed by atoms with van der Waals surface area (Å²) in [6, 6.07) is 3.02. The van der Waals surface area contributed by atoms with E-state index in [4.69, 9.17) is 0 Å². The molecule has 0 radical (unpaired) electrons. The maximum Gasteiger partial charge on any atom is 0.178 e. The van der Waals surface area contributed by atoms with Crippen LogP contribution in [-0.4, -0.2) is 17.1 Å². The van der Waals surface area contributed by atoms with Crippen molar-refractivity contribution in [2.45, 2.75) is 6.92 Å². The summed E-state index contributed by atoms with van der Waals surface area (Å²) in [5.41, 5.74) is 0.805. The molecule has 0 spiro atoms. The number of nitrogens with zero attached hydrogens (tertiary/aromatic N) is 1. The van der Waals surface area contributed by atoms with Crippen LogP contribution in [0.4, 0.5) is 0 Å². The molecule has 0 aromatic carbocycles. The molecule has 3 nitrogen and oxygen atoms in total. The van der Waals surface area contributed by atoms with Crippen LogP contribution in [0.1, 0.15) is 27.8 Å². The molecule has 0 bridgehead atoms. The van der Waals surface area contributed by atoms with Crippen molar-refractivity contribution in [1.82, 2.24) is 4.98 Å². The average molecular weight is 149 g/mol. The van der Waals surface area contributed by atoms with E-state index in [9.17, 15) is 9.59 Å². The molecule has 1 heterocycles. The third kappa shape index (κ3) is 1.70. The van der Waals surface area contributed by atoms with Crippen LogP contribution in [0, 0.1) is 0 Å². The molecule has 3 heteroatoms. The highest BCUT2D eigenvalue weighted by atomic mass is 16.1. The highest BCUT2D eigenvalue weighted by Crippen LogP contribution is 1.99. The lowest BCUT2D eigenvalue weighted by Gasteiger charge is -1.93. The van der Waals surface area contributed by atoms with Gasteiger partial charge in [-0.2, -0.15) is 0 Å². The number of aromatic nitrogens is 1. The van der Waals surface area contributed by atoms with E-state index in [0.717, 1.165) is 0 Å². The Morgan fingerprint density at radius 1 is 1.64 bits per heavy atom. The molecule has 0 aliphatic carbocycles. The predicted molar refractivity (Wildman–Crippen MR) is 39.6 cm³/mol. The summed E-state index contributed by atoms with van der Waals surface area (Å²) in [5, 5.41) is 0. The topological polar surface area (TPSA) is 47.0 Å². The summed E-state index contributed by atoms with van der Waals surface area (Å²) in [5.74, 6) is -0.131. The van der Waals surface area contributed by atoms with Gasteiger partial charge >= 0.3 is 0 Å². The highest BCUT2D eigenvalue weighted by Gasteiger charge is 1.99. The van der Waals surface area contributed by atoms with Gasteiger partial charge in [0, 0.05) is 18.7 Å². The number of ketones is 1. The Kier molecular flexibility index (Phi) is 2.11. The smallest absolute Gasteiger partial charge is 0.178 e. The SMILES string of the molecule is CC(=O)c1cc(C=O)ccn1. The highest BCUT2D eigenvalue weighted by molar-refractivity contribution is 5.93. The number of hydrogen-bond donors (Lipinski definition) is 0. The Balaban J connectivity index is 3.10. The first-order chi connectivity index (χ1) is 5.24. The number of carbonyl (C=O) groups is 2. The molecule has 1 rings (SSSR count). The molecular formula is C8H7NO2. The minimum Gasteiger partial charge on any atom is -0.298 e. The lowest BCUT2D eigenvalue weighted by molar-refractivity contribution is 0.101. The summed E-state index contributed by atoms with van der Waals surface area (Å²) in [6.45, 7) is 1.41. The number of aldehydes is 1. The van der Waals surface area contributed by atoms with Gasteiger partial charge in [0.25, 0.3) is 0 Å². The number of Topliss-reactive ketones (excluding diaryl/α,β-unsaturated/α-hetero) is 1. The number of carbonyl (C=O) groups excluding carboxylic acids is 2.